The Morgan fingerprint density at radius 1 is 0.394 bits per heavy atom. The maximum absolute atomic E-state index is 6.53. The predicted molar refractivity (Wildman–Crippen MR) is 301 cm³/mol. The molecule has 6 nitrogen and oxygen atoms in total. The van der Waals surface area contributed by atoms with Crippen LogP contribution in [0, 0.1) is 55.4 Å². The van der Waals surface area contributed by atoms with Gasteiger partial charge in [-0.25, -0.2) is 0 Å². The SMILES string of the molecule is Cc1cc(C)cc([PH+](c2cc(C)cc(C)c2)c2ccc3c(c2-c2c([PH+](c4cc(C)cc(C)c4)c4cc(C)cc(C)c4)ccc4c2OCO4)OCO3)c1.N[C@H](c1ccccc1)[C@H](N)c1ccccc1.[Cl][Ru+2][Cl]. The van der Waals surface area contributed by atoms with Gasteiger partial charge < -0.3 is 30.4 Å². The Labute approximate surface area is 438 Å². The van der Waals surface area contributed by atoms with Crippen LogP contribution in [0.2, 0.25) is 0 Å². The topological polar surface area (TPSA) is 89.0 Å². The number of rotatable bonds is 10. The van der Waals surface area contributed by atoms with Crippen LogP contribution < -0.4 is 62.2 Å². The molecule has 8 aromatic carbocycles. The van der Waals surface area contributed by atoms with Crippen LogP contribution in [0.15, 0.2) is 158 Å². The fraction of sp³-hybridized carbons (Fsp3) is 0.200. The van der Waals surface area contributed by atoms with Crippen LogP contribution >= 0.6 is 35.2 Å². The van der Waals surface area contributed by atoms with E-state index in [0.29, 0.717) is 0 Å². The molecule has 0 amide bonds. The summed E-state index contributed by atoms with van der Waals surface area (Å²) in [6, 6.07) is 56.5. The Morgan fingerprint density at radius 2 is 0.662 bits per heavy atom. The summed E-state index contributed by atoms with van der Waals surface area (Å²) in [5.74, 6) is 3.08. The van der Waals surface area contributed by atoms with Crippen LogP contribution in [0.1, 0.15) is 67.7 Å². The van der Waals surface area contributed by atoms with E-state index < -0.39 is 15.8 Å². The van der Waals surface area contributed by atoms with Crippen molar-refractivity contribution in [2.24, 2.45) is 11.5 Å². The van der Waals surface area contributed by atoms with Gasteiger partial charge >= 0.3 is 34.5 Å². The average molecular weight is 1110 g/mol. The molecule has 364 valence electrons. The van der Waals surface area contributed by atoms with Gasteiger partial charge in [0.2, 0.25) is 13.6 Å². The molecule has 2 aliphatic heterocycles. The van der Waals surface area contributed by atoms with Crippen molar-refractivity contribution in [3.8, 4) is 34.1 Å². The number of benzene rings is 8. The molecule has 0 radical (unpaired) electrons. The molecular weight excluding hydrogens is 1050 g/mol. The van der Waals surface area contributed by atoms with Crippen LogP contribution in [0.5, 0.6) is 23.0 Å². The summed E-state index contributed by atoms with van der Waals surface area (Å²) in [5, 5.41) is 7.86. The third kappa shape index (κ3) is 12.2. The summed E-state index contributed by atoms with van der Waals surface area (Å²) in [4.78, 5) is 0. The second-order valence-electron chi connectivity index (χ2n) is 18.6. The molecule has 0 saturated heterocycles. The number of nitrogens with two attached hydrogens (primary N) is 2. The van der Waals surface area contributed by atoms with E-state index in [1.165, 1.54) is 76.3 Å². The summed E-state index contributed by atoms with van der Waals surface area (Å²) in [6.07, 6.45) is 0. The molecule has 0 aromatic heterocycles. The Hall–Kier alpha value is -5.06. The zero-order valence-electron chi connectivity index (χ0n) is 41.5. The first kappa shape index (κ1) is 52.3. The van der Waals surface area contributed by atoms with Crippen molar-refractivity contribution in [1.29, 1.82) is 0 Å². The zero-order valence-corrected chi connectivity index (χ0v) is 46.7. The fourth-order valence-corrected chi connectivity index (χ4v) is 16.4. The zero-order chi connectivity index (χ0) is 50.3. The van der Waals surface area contributed by atoms with Crippen molar-refractivity contribution in [3.63, 3.8) is 0 Å². The van der Waals surface area contributed by atoms with Gasteiger partial charge in [0.15, 0.2) is 23.0 Å². The molecule has 0 spiro atoms. The van der Waals surface area contributed by atoms with E-state index in [9.17, 15) is 0 Å². The normalized spacial score (nSPS) is 13.0. The quantitative estimate of drug-likeness (QED) is 0.105. The van der Waals surface area contributed by atoms with Crippen LogP contribution in [0.25, 0.3) is 11.1 Å². The summed E-state index contributed by atoms with van der Waals surface area (Å²) in [6.45, 7) is 18.0. The maximum atomic E-state index is 6.53. The van der Waals surface area contributed by atoms with Crippen LogP contribution in [0.4, 0.5) is 0 Å². The first-order chi connectivity index (χ1) is 34.2. The van der Waals surface area contributed by atoms with Gasteiger partial charge in [0.1, 0.15) is 31.8 Å². The molecule has 2 atom stereocenters. The Morgan fingerprint density at radius 3 is 0.930 bits per heavy atom. The van der Waals surface area contributed by atoms with E-state index in [1.807, 2.05) is 60.7 Å². The van der Waals surface area contributed by atoms with Crippen LogP contribution in [-0.4, -0.2) is 13.6 Å². The first-order valence-electron chi connectivity index (χ1n) is 23.6. The second-order valence-corrected chi connectivity index (χ2v) is 26.1. The molecule has 2 aliphatic rings. The molecule has 11 heteroatoms. The Balaban J connectivity index is 0.000000298. The number of hydrogen-bond donors (Lipinski definition) is 2. The van der Waals surface area contributed by atoms with Crippen LogP contribution in [0.3, 0.4) is 0 Å². The standard InChI is InChI=1S/C46H44O4P2.C14H16N2.2ClH.Ru/c1-27-13-28(2)18-35(17-27)51(36-19-29(3)14-30(4)20-36)41-11-9-39-45(49-25-47-39)43(41)44-42(12-10-40-46(44)50-26-48-40)52(37-21-31(5)15-32(6)22-37)38-23-33(7)16-34(8)24-38;15-13(11-7-3-1-4-8-11)14(16)12-9-5-2-6-10-12;;;/h9-24H,25-26H2,1-8H3;1-10,13-14H,15-16H2;2*1H;/q;;;;+4/t;13-,14-;;;/m.1.../s1. The second kappa shape index (κ2) is 23.7. The number of fused-ring (bicyclic) bond motifs is 2. The van der Waals surface area contributed by atoms with Crippen molar-refractivity contribution in [3.05, 3.63) is 213 Å². The number of ether oxygens (including phenoxy) is 4. The van der Waals surface area contributed by atoms with Gasteiger partial charge in [0.05, 0.1) is 27.0 Å². The van der Waals surface area contributed by atoms with E-state index >= 15 is 0 Å². The van der Waals surface area contributed by atoms with E-state index in [-0.39, 0.29) is 40.8 Å². The van der Waals surface area contributed by atoms with Crippen molar-refractivity contribution >= 4 is 67.1 Å². The number of halogens is 2. The number of hydrogen-bond acceptors (Lipinski definition) is 6. The molecular formula is C60H62Cl2N2O4P2Ru+4. The summed E-state index contributed by atoms with van der Waals surface area (Å²) < 4.78 is 25.4. The van der Waals surface area contributed by atoms with Gasteiger partial charge in [-0.15, -0.1) is 0 Å². The molecule has 2 heterocycles. The summed E-state index contributed by atoms with van der Waals surface area (Å²) in [5.41, 5.74) is 26.6. The van der Waals surface area contributed by atoms with Gasteiger partial charge in [0, 0.05) is 12.1 Å². The van der Waals surface area contributed by atoms with Gasteiger partial charge in [-0.3, -0.25) is 0 Å². The van der Waals surface area contributed by atoms with Crippen LogP contribution in [-0.2, 0) is 15.1 Å². The molecule has 71 heavy (non-hydrogen) atoms. The molecule has 0 bridgehead atoms. The minimum atomic E-state index is -1.60. The summed E-state index contributed by atoms with van der Waals surface area (Å²) in [7, 11) is 6.51. The van der Waals surface area contributed by atoms with Crippen molar-refractivity contribution in [2.75, 3.05) is 13.6 Å². The Bertz CT molecular complexity index is 2760. The molecule has 0 saturated carbocycles. The van der Waals surface area contributed by atoms with E-state index in [2.05, 4.69) is 152 Å². The number of aryl methyl sites for hydroxylation is 8. The van der Waals surface area contributed by atoms with Gasteiger partial charge in [-0.2, -0.15) is 0 Å². The van der Waals surface area contributed by atoms with Crippen molar-refractivity contribution in [1.82, 2.24) is 0 Å². The molecule has 4 N–H and O–H groups in total. The molecule has 0 aliphatic carbocycles. The summed E-state index contributed by atoms with van der Waals surface area (Å²) >= 11 is -0.346. The van der Waals surface area contributed by atoms with Gasteiger partial charge in [-0.1, -0.05) is 84.9 Å². The average Bonchev–Trinajstić information content (AvgIpc) is 4.02. The molecule has 0 fully saturated rings. The van der Waals surface area contributed by atoms with E-state index in [1.54, 1.807) is 0 Å². The van der Waals surface area contributed by atoms with Crippen molar-refractivity contribution in [2.45, 2.75) is 67.5 Å². The van der Waals surface area contributed by atoms with Gasteiger partial charge in [0.25, 0.3) is 0 Å². The van der Waals surface area contributed by atoms with Crippen molar-refractivity contribution < 1.29 is 34.1 Å². The van der Waals surface area contributed by atoms with Gasteiger partial charge in [-0.05, 0) is 184 Å². The molecule has 0 unspecified atom stereocenters. The third-order valence-electron chi connectivity index (χ3n) is 12.7. The Kier molecular flexibility index (Phi) is 17.4. The molecule has 8 aromatic rings. The third-order valence-corrected chi connectivity index (χ3v) is 18.0. The first-order valence-corrected chi connectivity index (χ1v) is 31.1. The minimum absolute atomic E-state index is 0.163. The van der Waals surface area contributed by atoms with E-state index in [4.69, 9.17) is 49.8 Å². The van der Waals surface area contributed by atoms with E-state index in [0.717, 1.165) is 45.3 Å². The monoisotopic (exact) mass is 1110 g/mol. The predicted octanol–water partition coefficient (Wildman–Crippen LogP) is 12.0. The molecule has 10 rings (SSSR count). The fourth-order valence-electron chi connectivity index (χ4n) is 10.1.